The molecule has 3 unspecified atom stereocenters. The fourth-order valence-electron chi connectivity index (χ4n) is 2.66. The Morgan fingerprint density at radius 3 is 2.59 bits per heavy atom. The quantitative estimate of drug-likeness (QED) is 0.705. The molecule has 1 fully saturated rings. The molecule has 3 atom stereocenters. The van der Waals surface area contributed by atoms with Gasteiger partial charge in [-0.05, 0) is 38.8 Å². The molecule has 0 bridgehead atoms. The summed E-state index contributed by atoms with van der Waals surface area (Å²) in [5, 5.41) is 3.67. The summed E-state index contributed by atoms with van der Waals surface area (Å²) in [5.41, 5.74) is 0. The third-order valence-corrected chi connectivity index (χ3v) is 3.90. The summed E-state index contributed by atoms with van der Waals surface area (Å²) in [6.45, 7) is 14.5. The van der Waals surface area contributed by atoms with Gasteiger partial charge in [-0.2, -0.15) is 0 Å². The Morgan fingerprint density at radius 1 is 1.29 bits per heavy atom. The van der Waals surface area contributed by atoms with Crippen LogP contribution in [0.1, 0.15) is 40.5 Å². The molecule has 0 amide bonds. The van der Waals surface area contributed by atoms with Gasteiger partial charge in [0.15, 0.2) is 0 Å². The molecule has 1 N–H and O–H groups in total. The molecule has 0 aromatic rings. The van der Waals surface area contributed by atoms with E-state index >= 15 is 0 Å². The summed E-state index contributed by atoms with van der Waals surface area (Å²) < 4.78 is 5.72. The van der Waals surface area contributed by atoms with Gasteiger partial charge in [-0.1, -0.05) is 20.8 Å². The van der Waals surface area contributed by atoms with Crippen LogP contribution >= 0.6 is 0 Å². The van der Waals surface area contributed by atoms with Crippen molar-refractivity contribution in [1.29, 1.82) is 0 Å². The van der Waals surface area contributed by atoms with Crippen molar-refractivity contribution in [3.63, 3.8) is 0 Å². The molecule has 102 valence electrons. The zero-order chi connectivity index (χ0) is 12.7. The average molecular weight is 242 g/mol. The van der Waals surface area contributed by atoms with Crippen LogP contribution in [0.25, 0.3) is 0 Å². The van der Waals surface area contributed by atoms with Gasteiger partial charge in [-0.15, -0.1) is 0 Å². The summed E-state index contributed by atoms with van der Waals surface area (Å²) in [5.74, 6) is 0.721. The molecule has 17 heavy (non-hydrogen) atoms. The molecule has 1 saturated heterocycles. The highest BCUT2D eigenvalue weighted by Gasteiger charge is 2.26. The first kappa shape index (κ1) is 14.9. The van der Waals surface area contributed by atoms with Gasteiger partial charge in [0, 0.05) is 25.7 Å². The predicted octanol–water partition coefficient (Wildman–Crippen LogP) is 2.12. The van der Waals surface area contributed by atoms with Crippen LogP contribution in [0.5, 0.6) is 0 Å². The van der Waals surface area contributed by atoms with Crippen LogP contribution in [0, 0.1) is 5.92 Å². The number of hydrogen-bond donors (Lipinski definition) is 1. The van der Waals surface area contributed by atoms with Gasteiger partial charge in [-0.3, -0.25) is 0 Å². The number of ether oxygens (including phenoxy) is 1. The van der Waals surface area contributed by atoms with E-state index in [0.29, 0.717) is 12.1 Å². The summed E-state index contributed by atoms with van der Waals surface area (Å²) in [7, 11) is 0. The lowest BCUT2D eigenvalue weighted by atomic mass is 9.99. The second kappa shape index (κ2) is 8.06. The standard InChI is InChI=1S/C14H30N2O/c1-5-14-13(8-9-17-14)10-15-12(4)11-16(6-2)7-3/h12-15H,5-11H2,1-4H3. The van der Waals surface area contributed by atoms with Crippen molar-refractivity contribution in [3.8, 4) is 0 Å². The minimum atomic E-state index is 0.489. The van der Waals surface area contributed by atoms with E-state index < -0.39 is 0 Å². The second-order valence-electron chi connectivity index (χ2n) is 5.16. The Labute approximate surface area is 107 Å². The van der Waals surface area contributed by atoms with Crippen molar-refractivity contribution in [1.82, 2.24) is 10.2 Å². The maximum atomic E-state index is 5.72. The van der Waals surface area contributed by atoms with Crippen molar-refractivity contribution in [2.75, 3.05) is 32.8 Å². The Kier molecular flexibility index (Phi) is 7.09. The molecule has 0 aromatic heterocycles. The molecule has 3 heteroatoms. The molecule has 1 aliphatic rings. The van der Waals surface area contributed by atoms with Crippen LogP contribution in [-0.4, -0.2) is 49.8 Å². The van der Waals surface area contributed by atoms with E-state index in [9.17, 15) is 0 Å². The van der Waals surface area contributed by atoms with Gasteiger partial charge < -0.3 is 15.0 Å². The van der Waals surface area contributed by atoms with E-state index in [1.54, 1.807) is 0 Å². The first-order valence-electron chi connectivity index (χ1n) is 7.28. The van der Waals surface area contributed by atoms with Gasteiger partial charge in [0.25, 0.3) is 0 Å². The maximum absolute atomic E-state index is 5.72. The van der Waals surface area contributed by atoms with Crippen LogP contribution in [0.4, 0.5) is 0 Å². The Hall–Kier alpha value is -0.120. The lowest BCUT2D eigenvalue weighted by Gasteiger charge is -2.25. The van der Waals surface area contributed by atoms with Gasteiger partial charge in [0.05, 0.1) is 6.10 Å². The summed E-state index contributed by atoms with van der Waals surface area (Å²) in [6.07, 6.45) is 2.86. The van der Waals surface area contributed by atoms with E-state index in [0.717, 1.165) is 45.1 Å². The third kappa shape index (κ3) is 4.94. The van der Waals surface area contributed by atoms with Crippen molar-refractivity contribution in [2.45, 2.75) is 52.7 Å². The molecule has 0 saturated carbocycles. The normalized spacial score (nSPS) is 26.6. The first-order chi connectivity index (χ1) is 8.21. The lowest BCUT2D eigenvalue weighted by molar-refractivity contribution is 0.0863. The minimum absolute atomic E-state index is 0.489. The Bertz CT molecular complexity index is 195. The zero-order valence-electron chi connectivity index (χ0n) is 12.0. The first-order valence-corrected chi connectivity index (χ1v) is 7.28. The minimum Gasteiger partial charge on any atom is -0.378 e. The summed E-state index contributed by atoms with van der Waals surface area (Å²) in [4.78, 5) is 2.47. The van der Waals surface area contributed by atoms with Crippen LogP contribution in [-0.2, 0) is 4.74 Å². The number of rotatable bonds is 8. The topological polar surface area (TPSA) is 24.5 Å². The molecule has 0 radical (unpaired) electrons. The molecule has 0 aromatic carbocycles. The lowest BCUT2D eigenvalue weighted by Crippen LogP contribution is -2.42. The second-order valence-corrected chi connectivity index (χ2v) is 5.16. The van der Waals surface area contributed by atoms with E-state index in [1.165, 1.54) is 6.42 Å². The van der Waals surface area contributed by atoms with Crippen LogP contribution < -0.4 is 5.32 Å². The van der Waals surface area contributed by atoms with E-state index in [2.05, 4.69) is 37.9 Å². The van der Waals surface area contributed by atoms with Crippen molar-refractivity contribution in [2.24, 2.45) is 5.92 Å². The fraction of sp³-hybridized carbons (Fsp3) is 1.00. The molecule has 1 heterocycles. The van der Waals surface area contributed by atoms with Crippen molar-refractivity contribution in [3.05, 3.63) is 0 Å². The highest BCUT2D eigenvalue weighted by atomic mass is 16.5. The largest absolute Gasteiger partial charge is 0.378 e. The number of nitrogens with zero attached hydrogens (tertiary/aromatic N) is 1. The average Bonchev–Trinajstić information content (AvgIpc) is 2.80. The monoisotopic (exact) mass is 242 g/mol. The van der Waals surface area contributed by atoms with Gasteiger partial charge in [0.1, 0.15) is 0 Å². The van der Waals surface area contributed by atoms with Crippen molar-refractivity contribution >= 4 is 0 Å². The molecule has 0 aliphatic carbocycles. The fourth-order valence-corrected chi connectivity index (χ4v) is 2.66. The summed E-state index contributed by atoms with van der Waals surface area (Å²) in [6, 6.07) is 0.577. The highest BCUT2D eigenvalue weighted by molar-refractivity contribution is 4.78. The Morgan fingerprint density at radius 2 is 2.00 bits per heavy atom. The van der Waals surface area contributed by atoms with E-state index in [-0.39, 0.29) is 0 Å². The van der Waals surface area contributed by atoms with Crippen LogP contribution in [0.2, 0.25) is 0 Å². The third-order valence-electron chi connectivity index (χ3n) is 3.90. The Balaban J connectivity index is 2.20. The molecule has 0 spiro atoms. The summed E-state index contributed by atoms with van der Waals surface area (Å²) >= 11 is 0. The molecule has 1 rings (SSSR count). The van der Waals surface area contributed by atoms with Crippen LogP contribution in [0.15, 0.2) is 0 Å². The molecular weight excluding hydrogens is 212 g/mol. The van der Waals surface area contributed by atoms with Crippen molar-refractivity contribution < 1.29 is 4.74 Å². The number of nitrogens with one attached hydrogen (secondary N) is 1. The number of hydrogen-bond acceptors (Lipinski definition) is 3. The SMILES string of the molecule is CCC1OCCC1CNC(C)CN(CC)CC. The smallest absolute Gasteiger partial charge is 0.0613 e. The van der Waals surface area contributed by atoms with Gasteiger partial charge in [-0.25, -0.2) is 0 Å². The van der Waals surface area contributed by atoms with Gasteiger partial charge >= 0.3 is 0 Å². The maximum Gasteiger partial charge on any atom is 0.0613 e. The molecule has 1 aliphatic heterocycles. The highest BCUT2D eigenvalue weighted by Crippen LogP contribution is 2.22. The van der Waals surface area contributed by atoms with Crippen LogP contribution in [0.3, 0.4) is 0 Å². The van der Waals surface area contributed by atoms with E-state index in [4.69, 9.17) is 4.74 Å². The number of likely N-dealkylation sites (N-methyl/N-ethyl adjacent to an activating group) is 1. The predicted molar refractivity (Wildman–Crippen MR) is 73.4 cm³/mol. The molecule has 3 nitrogen and oxygen atoms in total. The van der Waals surface area contributed by atoms with Gasteiger partial charge in [0.2, 0.25) is 0 Å². The zero-order valence-corrected chi connectivity index (χ0v) is 12.0. The molecular formula is C14H30N2O. The van der Waals surface area contributed by atoms with E-state index in [1.807, 2.05) is 0 Å².